The predicted octanol–water partition coefficient (Wildman–Crippen LogP) is 4.53. The van der Waals surface area contributed by atoms with Crippen LogP contribution in [0.2, 0.25) is 5.02 Å². The Bertz CT molecular complexity index is 553. The van der Waals surface area contributed by atoms with Crippen molar-refractivity contribution in [2.45, 2.75) is 0 Å². The number of rotatable bonds is 2. The molecule has 1 nitrogen and oxygen atoms in total. The second-order valence-corrected chi connectivity index (χ2v) is 5.96. The summed E-state index contributed by atoms with van der Waals surface area (Å²) in [5.41, 5.74) is 0.0405. The quantitative estimate of drug-likeness (QED) is 0.743. The van der Waals surface area contributed by atoms with Crippen LogP contribution in [-0.2, 0) is 0 Å². The standard InChI is InChI=1S/C11H5BrClFOS/c12-10-4-3-9(16-10)11(15)7-2-1-6(13)5-8(7)14/h1-5H. The molecule has 1 heterocycles. The molecule has 0 saturated carbocycles. The maximum absolute atomic E-state index is 13.5. The third-order valence-electron chi connectivity index (χ3n) is 1.97. The van der Waals surface area contributed by atoms with Crippen LogP contribution in [0.25, 0.3) is 0 Å². The maximum Gasteiger partial charge on any atom is 0.205 e. The van der Waals surface area contributed by atoms with E-state index < -0.39 is 5.82 Å². The van der Waals surface area contributed by atoms with Gasteiger partial charge < -0.3 is 0 Å². The Kier molecular flexibility index (Phi) is 3.42. The van der Waals surface area contributed by atoms with Crippen molar-refractivity contribution in [2.75, 3.05) is 0 Å². The molecule has 2 rings (SSSR count). The smallest absolute Gasteiger partial charge is 0.205 e. The lowest BCUT2D eigenvalue weighted by Gasteiger charge is -2.00. The molecule has 0 aliphatic rings. The zero-order valence-corrected chi connectivity index (χ0v) is 11.0. The highest BCUT2D eigenvalue weighted by atomic mass is 79.9. The van der Waals surface area contributed by atoms with Crippen LogP contribution in [0.4, 0.5) is 4.39 Å². The fourth-order valence-corrected chi connectivity index (χ4v) is 2.74. The first-order valence-electron chi connectivity index (χ1n) is 4.33. The molecule has 2 aromatic rings. The molecule has 0 amide bonds. The average Bonchev–Trinajstić information content (AvgIpc) is 2.64. The SMILES string of the molecule is O=C(c1ccc(Br)s1)c1ccc(Cl)cc1F. The number of ketones is 1. The Morgan fingerprint density at radius 3 is 2.62 bits per heavy atom. The fourth-order valence-electron chi connectivity index (χ4n) is 1.24. The molecule has 0 aliphatic carbocycles. The van der Waals surface area contributed by atoms with E-state index in [9.17, 15) is 9.18 Å². The van der Waals surface area contributed by atoms with Crippen molar-refractivity contribution < 1.29 is 9.18 Å². The van der Waals surface area contributed by atoms with Gasteiger partial charge in [-0.15, -0.1) is 11.3 Å². The van der Waals surface area contributed by atoms with Crippen LogP contribution in [0.15, 0.2) is 34.1 Å². The van der Waals surface area contributed by atoms with Gasteiger partial charge in [0.1, 0.15) is 5.82 Å². The van der Waals surface area contributed by atoms with Crippen molar-refractivity contribution >= 4 is 44.7 Å². The molecule has 0 saturated heterocycles. The van der Waals surface area contributed by atoms with E-state index in [1.54, 1.807) is 12.1 Å². The molecular formula is C11H5BrClFOS. The van der Waals surface area contributed by atoms with Gasteiger partial charge in [0.15, 0.2) is 0 Å². The van der Waals surface area contributed by atoms with E-state index in [2.05, 4.69) is 15.9 Å². The van der Waals surface area contributed by atoms with Gasteiger partial charge in [0.2, 0.25) is 5.78 Å². The molecular weight excluding hydrogens is 315 g/mol. The summed E-state index contributed by atoms with van der Waals surface area (Å²) in [5, 5.41) is 0.279. The normalized spacial score (nSPS) is 10.4. The van der Waals surface area contributed by atoms with Gasteiger partial charge in [-0.25, -0.2) is 4.39 Å². The summed E-state index contributed by atoms with van der Waals surface area (Å²) in [4.78, 5) is 12.4. The highest BCUT2D eigenvalue weighted by Gasteiger charge is 2.15. The molecule has 1 aromatic heterocycles. The van der Waals surface area contributed by atoms with Crippen LogP contribution in [0.1, 0.15) is 15.2 Å². The summed E-state index contributed by atoms with van der Waals surface area (Å²) < 4.78 is 14.3. The molecule has 0 unspecified atom stereocenters. The minimum absolute atomic E-state index is 0.0405. The zero-order valence-electron chi connectivity index (χ0n) is 7.84. The third kappa shape index (κ3) is 2.34. The number of hydrogen-bond acceptors (Lipinski definition) is 2. The first-order valence-corrected chi connectivity index (χ1v) is 6.32. The van der Waals surface area contributed by atoms with Gasteiger partial charge in [-0.05, 0) is 46.3 Å². The zero-order chi connectivity index (χ0) is 11.7. The van der Waals surface area contributed by atoms with Crippen LogP contribution >= 0.6 is 38.9 Å². The molecule has 1 aromatic carbocycles. The minimum atomic E-state index is -0.595. The van der Waals surface area contributed by atoms with E-state index in [4.69, 9.17) is 11.6 Å². The number of carbonyl (C=O) groups is 1. The summed E-state index contributed by atoms with van der Waals surface area (Å²) in [5.74, 6) is -0.924. The lowest BCUT2D eigenvalue weighted by molar-refractivity contribution is 0.103. The monoisotopic (exact) mass is 318 g/mol. The third-order valence-corrected chi connectivity index (χ3v) is 3.83. The number of halogens is 3. The lowest BCUT2D eigenvalue weighted by atomic mass is 10.1. The molecule has 82 valence electrons. The molecule has 0 radical (unpaired) electrons. The fraction of sp³-hybridized carbons (Fsp3) is 0. The van der Waals surface area contributed by atoms with Gasteiger partial charge in [0.25, 0.3) is 0 Å². The van der Waals surface area contributed by atoms with Gasteiger partial charge >= 0.3 is 0 Å². The van der Waals surface area contributed by atoms with E-state index in [-0.39, 0.29) is 16.4 Å². The number of hydrogen-bond donors (Lipinski definition) is 0. The Labute approximate surface area is 109 Å². The van der Waals surface area contributed by atoms with E-state index in [0.29, 0.717) is 4.88 Å². The summed E-state index contributed by atoms with van der Waals surface area (Å²) in [6.45, 7) is 0. The molecule has 0 fully saturated rings. The first-order chi connectivity index (χ1) is 7.58. The number of carbonyl (C=O) groups excluding carboxylic acids is 1. The summed E-state index contributed by atoms with van der Waals surface area (Å²) in [6.07, 6.45) is 0. The van der Waals surface area contributed by atoms with Crippen LogP contribution in [-0.4, -0.2) is 5.78 Å². The molecule has 0 spiro atoms. The van der Waals surface area contributed by atoms with Gasteiger partial charge in [-0.3, -0.25) is 4.79 Å². The second kappa shape index (κ2) is 4.65. The highest BCUT2D eigenvalue weighted by Crippen LogP contribution is 2.25. The van der Waals surface area contributed by atoms with Gasteiger partial charge in [-0.1, -0.05) is 11.6 Å². The van der Waals surface area contributed by atoms with Crippen molar-refractivity contribution in [3.8, 4) is 0 Å². The maximum atomic E-state index is 13.5. The molecule has 0 aliphatic heterocycles. The molecule has 0 N–H and O–H groups in total. The molecule has 0 atom stereocenters. The van der Waals surface area contributed by atoms with E-state index >= 15 is 0 Å². The lowest BCUT2D eigenvalue weighted by Crippen LogP contribution is -2.01. The largest absolute Gasteiger partial charge is 0.288 e. The van der Waals surface area contributed by atoms with Crippen LogP contribution < -0.4 is 0 Å². The van der Waals surface area contributed by atoms with Gasteiger partial charge in [-0.2, -0.15) is 0 Å². The van der Waals surface area contributed by atoms with E-state index in [1.165, 1.54) is 23.5 Å². The van der Waals surface area contributed by atoms with Crippen molar-refractivity contribution in [3.05, 3.63) is 55.4 Å². The Morgan fingerprint density at radius 1 is 1.31 bits per heavy atom. The van der Waals surface area contributed by atoms with Crippen molar-refractivity contribution in [2.24, 2.45) is 0 Å². The minimum Gasteiger partial charge on any atom is -0.288 e. The molecule has 0 bridgehead atoms. The first kappa shape index (κ1) is 11.8. The predicted molar refractivity (Wildman–Crippen MR) is 66.9 cm³/mol. The Morgan fingerprint density at radius 2 is 2.06 bits per heavy atom. The molecule has 5 heteroatoms. The van der Waals surface area contributed by atoms with Crippen molar-refractivity contribution in [3.63, 3.8) is 0 Å². The Balaban J connectivity index is 2.41. The topological polar surface area (TPSA) is 17.1 Å². The average molecular weight is 320 g/mol. The highest BCUT2D eigenvalue weighted by molar-refractivity contribution is 9.11. The number of benzene rings is 1. The van der Waals surface area contributed by atoms with Crippen LogP contribution in [0.3, 0.4) is 0 Å². The summed E-state index contributed by atoms with van der Waals surface area (Å²) in [7, 11) is 0. The Hall–Kier alpha value is -0.710. The number of thiophene rings is 1. The van der Waals surface area contributed by atoms with Gasteiger partial charge in [0, 0.05) is 5.02 Å². The van der Waals surface area contributed by atoms with Crippen molar-refractivity contribution in [1.29, 1.82) is 0 Å². The van der Waals surface area contributed by atoms with Crippen molar-refractivity contribution in [1.82, 2.24) is 0 Å². The van der Waals surface area contributed by atoms with E-state index in [1.807, 2.05) is 0 Å². The summed E-state index contributed by atoms with van der Waals surface area (Å²) >= 11 is 10.1. The van der Waals surface area contributed by atoms with E-state index in [0.717, 1.165) is 9.85 Å². The summed E-state index contributed by atoms with van der Waals surface area (Å²) in [6, 6.07) is 7.45. The van der Waals surface area contributed by atoms with Crippen LogP contribution in [0, 0.1) is 5.82 Å². The van der Waals surface area contributed by atoms with Crippen LogP contribution in [0.5, 0.6) is 0 Å². The van der Waals surface area contributed by atoms with Gasteiger partial charge in [0.05, 0.1) is 14.2 Å². The second-order valence-electron chi connectivity index (χ2n) is 3.06. The molecule has 16 heavy (non-hydrogen) atoms.